The number of pyridine rings is 1. The summed E-state index contributed by atoms with van der Waals surface area (Å²) in [5.41, 5.74) is 3.54. The summed E-state index contributed by atoms with van der Waals surface area (Å²) in [6.07, 6.45) is 4.52. The van der Waals surface area contributed by atoms with Crippen molar-refractivity contribution in [3.8, 4) is 0 Å². The molecule has 0 aliphatic carbocycles. The number of benzene rings is 1. The molecule has 24 heavy (non-hydrogen) atoms. The molecule has 6 nitrogen and oxygen atoms in total. The Morgan fingerprint density at radius 2 is 2.17 bits per heavy atom. The monoisotopic (exact) mass is 343 g/mol. The maximum Gasteiger partial charge on any atom is 0.168 e. The van der Waals surface area contributed by atoms with Gasteiger partial charge < -0.3 is 9.30 Å². The van der Waals surface area contributed by atoms with Gasteiger partial charge in [-0.05, 0) is 24.6 Å². The third-order valence-electron chi connectivity index (χ3n) is 4.15. The van der Waals surface area contributed by atoms with Crippen molar-refractivity contribution in [2.24, 2.45) is 0 Å². The van der Waals surface area contributed by atoms with Gasteiger partial charge in [-0.1, -0.05) is 12.1 Å². The first kappa shape index (κ1) is 15.3. The Hall–Kier alpha value is -2.25. The van der Waals surface area contributed by atoms with Crippen LogP contribution in [0.15, 0.2) is 29.8 Å². The van der Waals surface area contributed by atoms with Crippen LogP contribution in [0.1, 0.15) is 24.4 Å². The summed E-state index contributed by atoms with van der Waals surface area (Å²) < 4.78 is 30.3. The van der Waals surface area contributed by atoms with Crippen molar-refractivity contribution in [1.82, 2.24) is 14.5 Å². The molecule has 0 bridgehead atoms. The minimum Gasteiger partial charge on any atom is -0.371 e. The Balaban J connectivity index is 1.93. The molecule has 0 saturated heterocycles. The molecule has 7 heteroatoms. The van der Waals surface area contributed by atoms with Crippen molar-refractivity contribution in [1.29, 1.82) is 0 Å². The van der Waals surface area contributed by atoms with E-state index in [0.717, 1.165) is 33.3 Å². The van der Waals surface area contributed by atoms with Gasteiger partial charge in [0.15, 0.2) is 9.84 Å². The Kier molecular flexibility index (Phi) is 3.43. The van der Waals surface area contributed by atoms with Gasteiger partial charge in [0.05, 0.1) is 29.9 Å². The highest BCUT2D eigenvalue weighted by atomic mass is 32.2. The molecule has 0 saturated carbocycles. The average Bonchev–Trinajstić information content (AvgIpc) is 2.92. The number of ether oxygens (including phenoxy) is 1. The molecule has 124 valence electrons. The normalized spacial score (nSPS) is 18.5. The summed E-state index contributed by atoms with van der Waals surface area (Å²) in [7, 11) is -3.15. The molecule has 0 amide bonds. The van der Waals surface area contributed by atoms with Gasteiger partial charge in [-0.15, -0.1) is 0 Å². The molecule has 0 spiro atoms. The number of rotatable bonds is 2. The molecule has 3 heterocycles. The van der Waals surface area contributed by atoms with E-state index in [1.54, 1.807) is 12.3 Å². The van der Waals surface area contributed by atoms with Crippen molar-refractivity contribution < 1.29 is 13.2 Å². The quantitative estimate of drug-likeness (QED) is 0.715. The van der Waals surface area contributed by atoms with E-state index >= 15 is 0 Å². The number of hydrogen-bond donors (Lipinski definition) is 0. The number of fused-ring (bicyclic) bond motifs is 5. The lowest BCUT2D eigenvalue weighted by Crippen LogP contribution is -2.21. The fourth-order valence-electron chi connectivity index (χ4n) is 3.12. The van der Waals surface area contributed by atoms with Crippen LogP contribution in [0.25, 0.3) is 28.0 Å². The lowest BCUT2D eigenvalue weighted by molar-refractivity contribution is 0.0622. The topological polar surface area (TPSA) is 74.1 Å². The number of aromatic nitrogens is 3. The van der Waals surface area contributed by atoms with Crippen LogP contribution in [0.5, 0.6) is 0 Å². The van der Waals surface area contributed by atoms with Crippen LogP contribution in [0, 0.1) is 0 Å². The molecular weight excluding hydrogens is 326 g/mol. The molecular formula is C17H17N3O3S. The van der Waals surface area contributed by atoms with E-state index in [9.17, 15) is 8.42 Å². The van der Waals surface area contributed by atoms with Crippen LogP contribution in [-0.2, 0) is 21.2 Å². The highest BCUT2D eigenvalue weighted by Gasteiger charge is 2.22. The fraction of sp³-hybridized carbons (Fsp3) is 0.294. The first-order chi connectivity index (χ1) is 11.4. The summed E-state index contributed by atoms with van der Waals surface area (Å²) in [5, 5.41) is 2.21. The van der Waals surface area contributed by atoms with E-state index in [1.165, 1.54) is 11.7 Å². The largest absolute Gasteiger partial charge is 0.371 e. The van der Waals surface area contributed by atoms with Gasteiger partial charge in [-0.2, -0.15) is 0 Å². The van der Waals surface area contributed by atoms with Gasteiger partial charge in [-0.3, -0.25) is 4.98 Å². The summed E-state index contributed by atoms with van der Waals surface area (Å²) in [6.45, 7) is 3.28. The predicted octanol–water partition coefficient (Wildman–Crippen LogP) is 2.69. The van der Waals surface area contributed by atoms with Crippen molar-refractivity contribution >= 4 is 37.8 Å². The number of sulfone groups is 1. The number of nitrogens with zero attached hydrogens (tertiary/aromatic N) is 3. The van der Waals surface area contributed by atoms with Gasteiger partial charge >= 0.3 is 0 Å². The Bertz CT molecular complexity index is 1080. The number of hydrogen-bond acceptors (Lipinski definition) is 5. The van der Waals surface area contributed by atoms with E-state index < -0.39 is 9.84 Å². The molecule has 1 aliphatic heterocycles. The van der Waals surface area contributed by atoms with E-state index in [4.69, 9.17) is 4.74 Å². The zero-order valence-corrected chi connectivity index (χ0v) is 14.2. The standard InChI is InChI=1S/C17H17N3O3S/c1-11-9-23-10-16-19-15-8-18-14-7-12(5-6-24(2,21)22)3-4-13(14)17(15)20(11)16/h3-8,11H,9-10H2,1-2H3/t11-/m0/s1. The van der Waals surface area contributed by atoms with Gasteiger partial charge in [0.1, 0.15) is 17.9 Å². The molecule has 4 rings (SSSR count). The maximum atomic E-state index is 11.3. The first-order valence-electron chi connectivity index (χ1n) is 7.68. The van der Waals surface area contributed by atoms with E-state index in [0.29, 0.717) is 13.2 Å². The first-order valence-corrected chi connectivity index (χ1v) is 9.63. The van der Waals surface area contributed by atoms with Crippen molar-refractivity contribution in [3.63, 3.8) is 0 Å². The smallest absolute Gasteiger partial charge is 0.168 e. The maximum absolute atomic E-state index is 11.3. The number of imidazole rings is 1. The summed E-state index contributed by atoms with van der Waals surface area (Å²) in [6, 6.07) is 5.98. The fourth-order valence-corrected chi connectivity index (χ4v) is 3.52. The van der Waals surface area contributed by atoms with Crippen LogP contribution >= 0.6 is 0 Å². The zero-order chi connectivity index (χ0) is 16.9. The van der Waals surface area contributed by atoms with Crippen LogP contribution in [0.2, 0.25) is 0 Å². The van der Waals surface area contributed by atoms with Crippen LogP contribution in [0.3, 0.4) is 0 Å². The zero-order valence-electron chi connectivity index (χ0n) is 13.4. The molecule has 0 fully saturated rings. The summed E-state index contributed by atoms with van der Waals surface area (Å²) in [5.74, 6) is 0.916. The Morgan fingerprint density at radius 3 is 2.96 bits per heavy atom. The van der Waals surface area contributed by atoms with Crippen LogP contribution in [-0.4, -0.2) is 35.8 Å². The second-order valence-corrected chi connectivity index (χ2v) is 8.09. The second kappa shape index (κ2) is 5.39. The second-order valence-electron chi connectivity index (χ2n) is 6.16. The SMILES string of the molecule is C[C@H]1COCc2nc3cnc4cc(C=CS(C)(=O)=O)ccc4c3n21. The van der Waals surface area contributed by atoms with Gasteiger partial charge in [-0.25, -0.2) is 13.4 Å². The molecule has 0 N–H and O–H groups in total. The van der Waals surface area contributed by atoms with Crippen molar-refractivity contribution in [2.45, 2.75) is 19.6 Å². The Morgan fingerprint density at radius 1 is 1.33 bits per heavy atom. The van der Waals surface area contributed by atoms with E-state index in [1.807, 2.05) is 18.2 Å². The van der Waals surface area contributed by atoms with E-state index in [-0.39, 0.29) is 6.04 Å². The third kappa shape index (κ3) is 2.59. The van der Waals surface area contributed by atoms with Crippen molar-refractivity contribution in [2.75, 3.05) is 12.9 Å². The highest BCUT2D eigenvalue weighted by molar-refractivity contribution is 7.93. The molecule has 0 radical (unpaired) electrons. The lowest BCUT2D eigenvalue weighted by Gasteiger charge is -2.23. The lowest BCUT2D eigenvalue weighted by atomic mass is 10.1. The van der Waals surface area contributed by atoms with Gasteiger partial charge in [0.25, 0.3) is 0 Å². The summed E-state index contributed by atoms with van der Waals surface area (Å²) >= 11 is 0. The molecule has 1 aliphatic rings. The minimum absolute atomic E-state index is 0.217. The predicted molar refractivity (Wildman–Crippen MR) is 93.3 cm³/mol. The Labute approximate surface area is 139 Å². The van der Waals surface area contributed by atoms with E-state index in [2.05, 4.69) is 21.5 Å². The van der Waals surface area contributed by atoms with Crippen molar-refractivity contribution in [3.05, 3.63) is 41.2 Å². The molecule has 2 aromatic heterocycles. The molecule has 0 unspecified atom stereocenters. The third-order valence-corrected chi connectivity index (χ3v) is 4.78. The summed E-state index contributed by atoms with van der Waals surface area (Å²) in [4.78, 5) is 9.11. The molecule has 3 aromatic rings. The van der Waals surface area contributed by atoms with Crippen LogP contribution in [0.4, 0.5) is 0 Å². The van der Waals surface area contributed by atoms with Crippen LogP contribution < -0.4 is 0 Å². The minimum atomic E-state index is -3.15. The van der Waals surface area contributed by atoms with Gasteiger partial charge in [0, 0.05) is 17.1 Å². The highest BCUT2D eigenvalue weighted by Crippen LogP contribution is 2.30. The van der Waals surface area contributed by atoms with Gasteiger partial charge in [0.2, 0.25) is 0 Å². The molecule has 1 atom stereocenters. The molecule has 1 aromatic carbocycles. The average molecular weight is 343 g/mol.